The summed E-state index contributed by atoms with van der Waals surface area (Å²) in [6.07, 6.45) is 1.99. The summed E-state index contributed by atoms with van der Waals surface area (Å²) >= 11 is 0. The molecule has 1 heterocycles. The number of nitrogens with one attached hydrogen (secondary N) is 2. The quantitative estimate of drug-likeness (QED) is 0.822. The molecule has 1 amide bonds. The molecule has 2 rings (SSSR count). The Balaban J connectivity index is 1.66. The van der Waals surface area contributed by atoms with Gasteiger partial charge in [-0.15, -0.1) is 0 Å². The minimum Gasteiger partial charge on any atom is -0.353 e. The molecule has 0 spiro atoms. The molecule has 2 aromatic rings. The highest BCUT2D eigenvalue weighted by Gasteiger charge is 2.02. The van der Waals surface area contributed by atoms with Crippen molar-refractivity contribution >= 4 is 5.91 Å². The van der Waals surface area contributed by atoms with Gasteiger partial charge in [0.25, 0.3) is 0 Å². The molecule has 0 aliphatic heterocycles. The average molecular weight is 257 g/mol. The molecule has 1 aromatic carbocycles. The maximum Gasteiger partial charge on any atom is 0.234 e. The lowest BCUT2D eigenvalue weighted by atomic mass is 10.2. The second-order valence-electron chi connectivity index (χ2n) is 4.48. The van der Waals surface area contributed by atoms with E-state index in [4.69, 9.17) is 0 Å². The highest BCUT2D eigenvalue weighted by molar-refractivity contribution is 5.77. The Bertz CT molecular complexity index is 519. The van der Waals surface area contributed by atoms with E-state index in [9.17, 15) is 4.79 Å². The summed E-state index contributed by atoms with van der Waals surface area (Å²) in [6.45, 7) is 1.60. The van der Waals surface area contributed by atoms with Crippen molar-refractivity contribution in [1.82, 2.24) is 15.2 Å². The third kappa shape index (κ3) is 4.26. The maximum atomic E-state index is 11.6. The first-order valence-corrected chi connectivity index (χ1v) is 6.37. The van der Waals surface area contributed by atoms with Gasteiger partial charge in [-0.1, -0.05) is 30.3 Å². The first kappa shape index (κ1) is 13.4. The zero-order valence-corrected chi connectivity index (χ0v) is 11.1. The van der Waals surface area contributed by atoms with Crippen LogP contribution in [0.3, 0.4) is 0 Å². The number of hydrogen-bond acceptors (Lipinski definition) is 2. The molecular weight excluding hydrogens is 238 g/mol. The lowest BCUT2D eigenvalue weighted by Crippen LogP contribution is -2.33. The fraction of sp³-hybridized carbons (Fsp3) is 0.267. The lowest BCUT2D eigenvalue weighted by Gasteiger charge is -2.07. The molecule has 0 saturated carbocycles. The zero-order valence-electron chi connectivity index (χ0n) is 11.1. The first-order valence-electron chi connectivity index (χ1n) is 6.37. The molecule has 0 aliphatic carbocycles. The van der Waals surface area contributed by atoms with Gasteiger partial charge in [0.2, 0.25) is 5.91 Å². The first-order chi connectivity index (χ1) is 9.25. The number of hydrogen-bond donors (Lipinski definition) is 2. The lowest BCUT2D eigenvalue weighted by molar-refractivity contribution is -0.120. The number of aryl methyl sites for hydroxylation is 1. The fourth-order valence-electron chi connectivity index (χ4n) is 1.84. The molecule has 0 fully saturated rings. The summed E-state index contributed by atoms with van der Waals surface area (Å²) in [7, 11) is 1.99. The van der Waals surface area contributed by atoms with Crippen LogP contribution in [0.5, 0.6) is 0 Å². The summed E-state index contributed by atoms with van der Waals surface area (Å²) in [5, 5.41) is 6.02. The van der Waals surface area contributed by atoms with Gasteiger partial charge in [-0.05, 0) is 17.7 Å². The van der Waals surface area contributed by atoms with Gasteiger partial charge in [0.05, 0.1) is 6.54 Å². The minimum absolute atomic E-state index is 0.0121. The molecule has 100 valence electrons. The van der Waals surface area contributed by atoms with Crippen molar-refractivity contribution in [2.75, 3.05) is 6.54 Å². The number of rotatable bonds is 6. The van der Waals surface area contributed by atoms with Crippen molar-refractivity contribution in [2.24, 2.45) is 7.05 Å². The van der Waals surface area contributed by atoms with Crippen molar-refractivity contribution in [3.05, 3.63) is 59.9 Å². The van der Waals surface area contributed by atoms with Crippen LogP contribution in [-0.2, 0) is 24.9 Å². The second kappa shape index (κ2) is 6.75. The fourth-order valence-corrected chi connectivity index (χ4v) is 1.84. The van der Waals surface area contributed by atoms with Gasteiger partial charge in [0.15, 0.2) is 0 Å². The van der Waals surface area contributed by atoms with E-state index in [0.717, 1.165) is 11.3 Å². The van der Waals surface area contributed by atoms with Gasteiger partial charge < -0.3 is 15.2 Å². The van der Waals surface area contributed by atoms with Crippen molar-refractivity contribution < 1.29 is 4.79 Å². The van der Waals surface area contributed by atoms with E-state index < -0.39 is 0 Å². The van der Waals surface area contributed by atoms with Crippen LogP contribution in [0.25, 0.3) is 0 Å². The molecule has 0 bridgehead atoms. The van der Waals surface area contributed by atoms with E-state index in [1.807, 2.05) is 60.3 Å². The maximum absolute atomic E-state index is 11.6. The Morgan fingerprint density at radius 2 is 1.89 bits per heavy atom. The van der Waals surface area contributed by atoms with Crippen LogP contribution in [0.2, 0.25) is 0 Å². The van der Waals surface area contributed by atoms with E-state index in [-0.39, 0.29) is 5.91 Å². The molecule has 4 heteroatoms. The topological polar surface area (TPSA) is 46.1 Å². The van der Waals surface area contributed by atoms with Gasteiger partial charge in [-0.3, -0.25) is 4.79 Å². The highest BCUT2D eigenvalue weighted by Crippen LogP contribution is 1.98. The van der Waals surface area contributed by atoms with Crippen LogP contribution in [0, 0.1) is 0 Å². The largest absolute Gasteiger partial charge is 0.353 e. The summed E-state index contributed by atoms with van der Waals surface area (Å²) in [5.74, 6) is 0.0121. The van der Waals surface area contributed by atoms with Crippen LogP contribution in [0.15, 0.2) is 48.7 Å². The Kier molecular flexibility index (Phi) is 4.75. The summed E-state index contributed by atoms with van der Waals surface area (Å²) in [5.41, 5.74) is 2.27. The Labute approximate surface area is 113 Å². The van der Waals surface area contributed by atoms with Crippen LogP contribution < -0.4 is 10.6 Å². The van der Waals surface area contributed by atoms with Gasteiger partial charge in [-0.25, -0.2) is 0 Å². The summed E-state index contributed by atoms with van der Waals surface area (Å²) in [4.78, 5) is 11.6. The Hall–Kier alpha value is -2.07. The van der Waals surface area contributed by atoms with Crippen LogP contribution in [0.1, 0.15) is 11.3 Å². The predicted octanol–water partition coefficient (Wildman–Crippen LogP) is 1.43. The van der Waals surface area contributed by atoms with Crippen molar-refractivity contribution in [3.8, 4) is 0 Å². The van der Waals surface area contributed by atoms with E-state index in [1.54, 1.807) is 0 Å². The normalized spacial score (nSPS) is 10.4. The number of nitrogens with zero attached hydrogens (tertiary/aromatic N) is 1. The third-order valence-electron chi connectivity index (χ3n) is 2.98. The van der Waals surface area contributed by atoms with E-state index in [0.29, 0.717) is 19.6 Å². The summed E-state index contributed by atoms with van der Waals surface area (Å²) < 4.78 is 2.04. The predicted molar refractivity (Wildman–Crippen MR) is 75.4 cm³/mol. The van der Waals surface area contributed by atoms with Gasteiger partial charge in [-0.2, -0.15) is 0 Å². The van der Waals surface area contributed by atoms with Crippen LogP contribution in [0.4, 0.5) is 0 Å². The molecule has 0 atom stereocenters. The van der Waals surface area contributed by atoms with Crippen molar-refractivity contribution in [2.45, 2.75) is 13.1 Å². The van der Waals surface area contributed by atoms with E-state index in [2.05, 4.69) is 10.6 Å². The Morgan fingerprint density at radius 1 is 1.11 bits per heavy atom. The number of benzene rings is 1. The van der Waals surface area contributed by atoms with Crippen molar-refractivity contribution in [3.63, 3.8) is 0 Å². The molecule has 0 saturated heterocycles. The Morgan fingerprint density at radius 3 is 2.58 bits per heavy atom. The third-order valence-corrected chi connectivity index (χ3v) is 2.98. The summed E-state index contributed by atoms with van der Waals surface area (Å²) in [6, 6.07) is 13.9. The molecule has 1 aromatic heterocycles. The number of carbonyl (C=O) groups excluding carboxylic acids is 1. The second-order valence-corrected chi connectivity index (χ2v) is 4.48. The van der Waals surface area contributed by atoms with Crippen molar-refractivity contribution in [1.29, 1.82) is 0 Å². The smallest absolute Gasteiger partial charge is 0.234 e. The molecule has 0 unspecified atom stereocenters. The monoisotopic (exact) mass is 257 g/mol. The van der Waals surface area contributed by atoms with Gasteiger partial charge >= 0.3 is 0 Å². The molecule has 0 aliphatic rings. The number of amides is 1. The number of carbonyl (C=O) groups is 1. The SMILES string of the molecule is Cn1cccc1CNCC(=O)NCc1ccccc1. The standard InChI is InChI=1S/C15H19N3O/c1-18-9-5-8-14(18)11-16-12-15(19)17-10-13-6-3-2-4-7-13/h2-9,16H,10-12H2,1H3,(H,17,19). The molecular formula is C15H19N3O. The molecule has 19 heavy (non-hydrogen) atoms. The molecule has 0 radical (unpaired) electrons. The van der Waals surface area contributed by atoms with E-state index >= 15 is 0 Å². The average Bonchev–Trinajstić information content (AvgIpc) is 2.83. The van der Waals surface area contributed by atoms with Gasteiger partial charge in [0, 0.05) is 32.0 Å². The molecule has 4 nitrogen and oxygen atoms in total. The van der Waals surface area contributed by atoms with Gasteiger partial charge in [0.1, 0.15) is 0 Å². The van der Waals surface area contributed by atoms with Crippen LogP contribution >= 0.6 is 0 Å². The highest BCUT2D eigenvalue weighted by atomic mass is 16.1. The zero-order chi connectivity index (χ0) is 13.5. The molecule has 2 N–H and O–H groups in total. The van der Waals surface area contributed by atoms with E-state index in [1.165, 1.54) is 0 Å². The minimum atomic E-state index is 0.0121. The van der Waals surface area contributed by atoms with Crippen LogP contribution in [-0.4, -0.2) is 17.0 Å². The number of aromatic nitrogens is 1.